The van der Waals surface area contributed by atoms with Crippen LogP contribution in [0.4, 0.5) is 0 Å². The first-order valence-corrected chi connectivity index (χ1v) is 8.80. The fourth-order valence-corrected chi connectivity index (χ4v) is 2.38. The molecule has 0 bridgehead atoms. The van der Waals surface area contributed by atoms with Crippen molar-refractivity contribution in [1.82, 2.24) is 25.9 Å². The van der Waals surface area contributed by atoms with Crippen molar-refractivity contribution >= 4 is 23.2 Å². The lowest BCUT2D eigenvalue weighted by Gasteiger charge is -2.13. The Balaban J connectivity index is 2.07. The lowest BCUT2D eigenvalue weighted by atomic mass is 10.1. The minimum absolute atomic E-state index is 0.211. The van der Waals surface area contributed by atoms with E-state index in [9.17, 15) is 9.59 Å². The Morgan fingerprint density at radius 1 is 1.23 bits per heavy atom. The first-order chi connectivity index (χ1) is 12.4. The number of carbonyl (C=O) groups excluding carboxylic acids is 1. The normalized spacial score (nSPS) is 10.5. The van der Waals surface area contributed by atoms with Crippen LogP contribution in [-0.4, -0.2) is 27.3 Å². The molecule has 1 amide bonds. The summed E-state index contributed by atoms with van der Waals surface area (Å²) in [5.74, 6) is -0.0965. The van der Waals surface area contributed by atoms with Crippen LogP contribution in [0.1, 0.15) is 36.5 Å². The number of para-hydroxylation sites is 1. The van der Waals surface area contributed by atoms with Gasteiger partial charge < -0.3 is 5.32 Å². The standard InChI is InChI=1S/C18H23N5O2S/c1-12(2)9-10-19-18(26)21-20-17(25)16-15(24)11-13(3)23(22-16)14-7-5-4-6-8-14/h4-8,11-12H,9-10H2,1-3H3,(H,20,25)(H2,19,21,26). The van der Waals surface area contributed by atoms with Crippen LogP contribution in [0.5, 0.6) is 0 Å². The zero-order valence-electron chi connectivity index (χ0n) is 15.1. The second-order valence-electron chi connectivity index (χ2n) is 6.26. The van der Waals surface area contributed by atoms with Gasteiger partial charge in [0.15, 0.2) is 10.8 Å². The summed E-state index contributed by atoms with van der Waals surface area (Å²) in [6.07, 6.45) is 0.955. The summed E-state index contributed by atoms with van der Waals surface area (Å²) >= 11 is 5.09. The zero-order chi connectivity index (χ0) is 19.1. The lowest BCUT2D eigenvalue weighted by Crippen LogP contribution is -2.48. The molecule has 0 aliphatic rings. The molecule has 0 saturated heterocycles. The van der Waals surface area contributed by atoms with E-state index in [0.717, 1.165) is 12.1 Å². The molecule has 138 valence electrons. The summed E-state index contributed by atoms with van der Waals surface area (Å²) in [5, 5.41) is 7.46. The maximum absolute atomic E-state index is 12.3. The van der Waals surface area contributed by atoms with E-state index in [4.69, 9.17) is 12.2 Å². The van der Waals surface area contributed by atoms with Gasteiger partial charge in [-0.3, -0.25) is 20.4 Å². The number of amides is 1. The van der Waals surface area contributed by atoms with Crippen molar-refractivity contribution in [3.05, 3.63) is 58.0 Å². The van der Waals surface area contributed by atoms with E-state index in [1.54, 1.807) is 11.6 Å². The number of nitrogens with zero attached hydrogens (tertiary/aromatic N) is 2. The van der Waals surface area contributed by atoms with Crippen molar-refractivity contribution in [3.8, 4) is 5.69 Å². The molecule has 8 heteroatoms. The van der Waals surface area contributed by atoms with E-state index in [-0.39, 0.29) is 10.8 Å². The molecule has 0 aliphatic heterocycles. The molecule has 0 aliphatic carbocycles. The predicted molar refractivity (Wildman–Crippen MR) is 105 cm³/mol. The van der Waals surface area contributed by atoms with Gasteiger partial charge in [-0.25, -0.2) is 4.68 Å². The van der Waals surface area contributed by atoms with E-state index < -0.39 is 11.3 Å². The molecule has 2 aromatic rings. The molecular weight excluding hydrogens is 350 g/mol. The van der Waals surface area contributed by atoms with Gasteiger partial charge in [-0.05, 0) is 43.6 Å². The highest BCUT2D eigenvalue weighted by Crippen LogP contribution is 2.07. The summed E-state index contributed by atoms with van der Waals surface area (Å²) in [4.78, 5) is 24.5. The number of hydrogen-bond acceptors (Lipinski definition) is 4. The molecule has 7 nitrogen and oxygen atoms in total. The van der Waals surface area contributed by atoms with Crippen LogP contribution in [0.15, 0.2) is 41.2 Å². The largest absolute Gasteiger partial charge is 0.361 e. The lowest BCUT2D eigenvalue weighted by molar-refractivity contribution is 0.0935. The van der Waals surface area contributed by atoms with Crippen LogP contribution in [0.25, 0.3) is 5.69 Å². The van der Waals surface area contributed by atoms with Crippen LogP contribution in [0, 0.1) is 12.8 Å². The van der Waals surface area contributed by atoms with Crippen molar-refractivity contribution in [2.45, 2.75) is 27.2 Å². The molecular formula is C18H23N5O2S. The molecule has 0 atom stereocenters. The van der Waals surface area contributed by atoms with Gasteiger partial charge in [-0.2, -0.15) is 5.10 Å². The number of benzene rings is 1. The number of hydrazine groups is 1. The summed E-state index contributed by atoms with van der Waals surface area (Å²) < 4.78 is 1.55. The Hall–Kier alpha value is -2.74. The maximum Gasteiger partial charge on any atom is 0.294 e. The van der Waals surface area contributed by atoms with Gasteiger partial charge in [0.05, 0.1) is 5.69 Å². The van der Waals surface area contributed by atoms with Crippen molar-refractivity contribution in [1.29, 1.82) is 0 Å². The smallest absolute Gasteiger partial charge is 0.294 e. The Morgan fingerprint density at radius 3 is 2.58 bits per heavy atom. The van der Waals surface area contributed by atoms with Gasteiger partial charge in [0.25, 0.3) is 5.91 Å². The van der Waals surface area contributed by atoms with Crippen LogP contribution >= 0.6 is 12.2 Å². The second kappa shape index (κ2) is 9.10. The maximum atomic E-state index is 12.3. The van der Waals surface area contributed by atoms with Crippen molar-refractivity contribution in [2.75, 3.05) is 6.54 Å². The van der Waals surface area contributed by atoms with Gasteiger partial charge in [0, 0.05) is 18.3 Å². The third-order valence-corrected chi connectivity index (χ3v) is 3.87. The number of hydrogen-bond donors (Lipinski definition) is 3. The quantitative estimate of drug-likeness (QED) is 0.546. The molecule has 0 radical (unpaired) electrons. The molecule has 0 spiro atoms. The molecule has 2 rings (SSSR count). The first kappa shape index (κ1) is 19.6. The Labute approximate surface area is 157 Å². The second-order valence-corrected chi connectivity index (χ2v) is 6.67. The van der Waals surface area contributed by atoms with Crippen LogP contribution in [-0.2, 0) is 0 Å². The number of nitrogens with one attached hydrogen (secondary N) is 3. The summed E-state index contributed by atoms with van der Waals surface area (Å²) in [6, 6.07) is 10.7. The average molecular weight is 373 g/mol. The molecule has 1 aromatic heterocycles. The molecule has 1 aromatic carbocycles. The monoisotopic (exact) mass is 373 g/mol. The molecule has 0 fully saturated rings. The number of aromatic nitrogens is 2. The van der Waals surface area contributed by atoms with Gasteiger partial charge in [-0.15, -0.1) is 0 Å². The van der Waals surface area contributed by atoms with Gasteiger partial charge in [0.2, 0.25) is 5.43 Å². The predicted octanol–water partition coefficient (Wildman–Crippen LogP) is 1.70. The Kier molecular flexibility index (Phi) is 6.85. The number of rotatable bonds is 5. The topological polar surface area (TPSA) is 88.1 Å². The summed E-state index contributed by atoms with van der Waals surface area (Å²) in [5.41, 5.74) is 5.73. The van der Waals surface area contributed by atoms with E-state index >= 15 is 0 Å². The molecule has 3 N–H and O–H groups in total. The molecule has 0 unspecified atom stereocenters. The zero-order valence-corrected chi connectivity index (χ0v) is 15.9. The van der Waals surface area contributed by atoms with Crippen LogP contribution in [0.3, 0.4) is 0 Å². The third kappa shape index (κ3) is 5.38. The van der Waals surface area contributed by atoms with Gasteiger partial charge >= 0.3 is 0 Å². The average Bonchev–Trinajstić information content (AvgIpc) is 2.60. The number of thiocarbonyl (C=S) groups is 1. The summed E-state index contributed by atoms with van der Waals surface area (Å²) in [7, 11) is 0. The van der Waals surface area contributed by atoms with Gasteiger partial charge in [0.1, 0.15) is 0 Å². The molecule has 0 saturated carbocycles. The minimum Gasteiger partial charge on any atom is -0.361 e. The first-order valence-electron chi connectivity index (χ1n) is 8.39. The molecule has 1 heterocycles. The molecule has 26 heavy (non-hydrogen) atoms. The number of carbonyl (C=O) groups is 1. The van der Waals surface area contributed by atoms with Crippen molar-refractivity contribution in [3.63, 3.8) is 0 Å². The van der Waals surface area contributed by atoms with Crippen molar-refractivity contribution in [2.24, 2.45) is 5.92 Å². The van der Waals surface area contributed by atoms with E-state index in [1.807, 2.05) is 30.3 Å². The highest BCUT2D eigenvalue weighted by molar-refractivity contribution is 7.80. The van der Waals surface area contributed by atoms with Crippen LogP contribution < -0.4 is 21.6 Å². The minimum atomic E-state index is -0.646. The van der Waals surface area contributed by atoms with Crippen LogP contribution in [0.2, 0.25) is 0 Å². The Bertz CT molecular complexity index is 833. The fourth-order valence-electron chi connectivity index (χ4n) is 2.23. The third-order valence-electron chi connectivity index (χ3n) is 3.62. The number of aryl methyl sites for hydroxylation is 1. The van der Waals surface area contributed by atoms with Crippen molar-refractivity contribution < 1.29 is 4.79 Å². The van der Waals surface area contributed by atoms with E-state index in [1.165, 1.54) is 6.07 Å². The SMILES string of the molecule is Cc1cc(=O)c(C(=O)NNC(=S)NCCC(C)C)nn1-c1ccccc1. The highest BCUT2D eigenvalue weighted by Gasteiger charge is 2.15. The highest BCUT2D eigenvalue weighted by atomic mass is 32.1. The summed E-state index contributed by atoms with van der Waals surface area (Å²) in [6.45, 7) is 6.68. The fraction of sp³-hybridized carbons (Fsp3) is 0.333. The Morgan fingerprint density at radius 2 is 1.92 bits per heavy atom. The van der Waals surface area contributed by atoms with E-state index in [2.05, 4.69) is 35.1 Å². The van der Waals surface area contributed by atoms with Gasteiger partial charge in [-0.1, -0.05) is 32.0 Å². The van der Waals surface area contributed by atoms with E-state index in [0.29, 0.717) is 18.2 Å².